The second-order valence-corrected chi connectivity index (χ2v) is 6.65. The van der Waals surface area contributed by atoms with Crippen LogP contribution in [0.25, 0.3) is 0 Å². The number of halogens is 1. The van der Waals surface area contributed by atoms with Crippen LogP contribution in [0.5, 0.6) is 0 Å². The van der Waals surface area contributed by atoms with Crippen molar-refractivity contribution < 1.29 is 0 Å². The summed E-state index contributed by atoms with van der Waals surface area (Å²) in [5.74, 6) is 2.99. The van der Waals surface area contributed by atoms with Crippen LogP contribution in [-0.4, -0.2) is 9.97 Å². The SMILES string of the molecule is CC(C)Cc1nc(C(C)CC(C)C)nc(N)c1Br. The highest BCUT2D eigenvalue weighted by molar-refractivity contribution is 9.10. The van der Waals surface area contributed by atoms with Gasteiger partial charge in [-0.15, -0.1) is 0 Å². The van der Waals surface area contributed by atoms with Crippen molar-refractivity contribution in [2.24, 2.45) is 11.8 Å². The van der Waals surface area contributed by atoms with Crippen LogP contribution in [0, 0.1) is 11.8 Å². The van der Waals surface area contributed by atoms with Gasteiger partial charge in [0.2, 0.25) is 0 Å². The number of nitrogen functional groups attached to an aromatic ring is 1. The van der Waals surface area contributed by atoms with Gasteiger partial charge >= 0.3 is 0 Å². The fraction of sp³-hybridized carbons (Fsp3) is 0.714. The Hall–Kier alpha value is -0.640. The van der Waals surface area contributed by atoms with E-state index >= 15 is 0 Å². The van der Waals surface area contributed by atoms with Gasteiger partial charge < -0.3 is 5.73 Å². The molecule has 1 atom stereocenters. The highest BCUT2D eigenvalue weighted by atomic mass is 79.9. The Balaban J connectivity index is 3.03. The first-order chi connectivity index (χ1) is 8.31. The molecule has 1 rings (SSSR count). The average molecular weight is 314 g/mol. The zero-order chi connectivity index (χ0) is 13.9. The Kier molecular flexibility index (Phi) is 5.57. The molecular formula is C14H24BrN3. The van der Waals surface area contributed by atoms with Gasteiger partial charge in [-0.1, -0.05) is 34.6 Å². The van der Waals surface area contributed by atoms with E-state index in [1.54, 1.807) is 0 Å². The second-order valence-electron chi connectivity index (χ2n) is 5.86. The van der Waals surface area contributed by atoms with Gasteiger partial charge in [0.15, 0.2) is 0 Å². The van der Waals surface area contributed by atoms with E-state index in [9.17, 15) is 0 Å². The molecule has 3 nitrogen and oxygen atoms in total. The molecule has 0 amide bonds. The summed E-state index contributed by atoms with van der Waals surface area (Å²) < 4.78 is 0.858. The molecule has 1 unspecified atom stereocenters. The first-order valence-electron chi connectivity index (χ1n) is 6.63. The molecule has 0 radical (unpaired) electrons. The first kappa shape index (κ1) is 15.4. The maximum Gasteiger partial charge on any atom is 0.141 e. The van der Waals surface area contributed by atoms with Gasteiger partial charge in [0.1, 0.15) is 11.6 Å². The molecule has 0 bridgehead atoms. The Morgan fingerprint density at radius 1 is 1.06 bits per heavy atom. The molecule has 1 heterocycles. The van der Waals surface area contributed by atoms with E-state index in [0.29, 0.717) is 23.6 Å². The summed E-state index contributed by atoms with van der Waals surface area (Å²) in [6, 6.07) is 0. The van der Waals surface area contributed by atoms with Crippen LogP contribution in [0.3, 0.4) is 0 Å². The van der Waals surface area contributed by atoms with Gasteiger partial charge in [-0.2, -0.15) is 0 Å². The summed E-state index contributed by atoms with van der Waals surface area (Å²) in [6.07, 6.45) is 2.01. The third kappa shape index (κ3) is 4.23. The lowest BCUT2D eigenvalue weighted by Gasteiger charge is -2.16. The number of aromatic nitrogens is 2. The molecule has 0 aliphatic rings. The van der Waals surface area contributed by atoms with Gasteiger partial charge in [-0.3, -0.25) is 0 Å². The Morgan fingerprint density at radius 2 is 1.67 bits per heavy atom. The third-order valence-electron chi connectivity index (χ3n) is 2.83. The molecule has 1 aromatic heterocycles. The molecule has 0 spiro atoms. The lowest BCUT2D eigenvalue weighted by atomic mass is 9.98. The number of nitrogens with zero attached hydrogens (tertiary/aromatic N) is 2. The molecule has 4 heteroatoms. The van der Waals surface area contributed by atoms with Crippen LogP contribution in [0.15, 0.2) is 4.47 Å². The number of anilines is 1. The van der Waals surface area contributed by atoms with Gasteiger partial charge in [0.05, 0.1) is 10.2 Å². The molecule has 18 heavy (non-hydrogen) atoms. The van der Waals surface area contributed by atoms with E-state index in [4.69, 9.17) is 5.73 Å². The molecule has 0 aliphatic carbocycles. The predicted octanol–water partition coefficient (Wildman–Crippen LogP) is 4.17. The van der Waals surface area contributed by atoms with Crippen LogP contribution in [0.2, 0.25) is 0 Å². The minimum absolute atomic E-state index is 0.353. The van der Waals surface area contributed by atoms with Gasteiger partial charge in [0, 0.05) is 5.92 Å². The lowest BCUT2D eigenvalue weighted by molar-refractivity contribution is 0.504. The highest BCUT2D eigenvalue weighted by Gasteiger charge is 2.16. The Bertz CT molecular complexity index is 402. The number of hydrogen-bond acceptors (Lipinski definition) is 3. The summed E-state index contributed by atoms with van der Waals surface area (Å²) in [5, 5.41) is 0. The first-order valence-corrected chi connectivity index (χ1v) is 7.42. The monoisotopic (exact) mass is 313 g/mol. The molecular weight excluding hydrogens is 290 g/mol. The fourth-order valence-electron chi connectivity index (χ4n) is 2.09. The minimum atomic E-state index is 0.353. The predicted molar refractivity (Wildman–Crippen MR) is 80.6 cm³/mol. The van der Waals surface area contributed by atoms with E-state index in [2.05, 4.69) is 60.5 Å². The van der Waals surface area contributed by atoms with Crippen molar-refractivity contribution in [1.82, 2.24) is 9.97 Å². The highest BCUT2D eigenvalue weighted by Crippen LogP contribution is 2.27. The summed E-state index contributed by atoms with van der Waals surface area (Å²) in [6.45, 7) is 11.0. The molecule has 0 saturated carbocycles. The van der Waals surface area contributed by atoms with Crippen molar-refractivity contribution in [3.8, 4) is 0 Å². The summed E-state index contributed by atoms with van der Waals surface area (Å²) in [4.78, 5) is 9.10. The minimum Gasteiger partial charge on any atom is -0.383 e. The Labute approximate surface area is 119 Å². The van der Waals surface area contributed by atoms with Crippen molar-refractivity contribution in [2.75, 3.05) is 5.73 Å². The maximum atomic E-state index is 5.97. The molecule has 0 aliphatic heterocycles. The van der Waals surface area contributed by atoms with E-state index in [0.717, 1.165) is 28.8 Å². The molecule has 102 valence electrons. The van der Waals surface area contributed by atoms with E-state index < -0.39 is 0 Å². The zero-order valence-corrected chi connectivity index (χ0v) is 13.6. The van der Waals surface area contributed by atoms with Gasteiger partial charge in [-0.05, 0) is 40.6 Å². The van der Waals surface area contributed by atoms with Crippen LogP contribution >= 0.6 is 15.9 Å². The molecule has 2 N–H and O–H groups in total. The molecule has 0 aromatic carbocycles. The van der Waals surface area contributed by atoms with Gasteiger partial charge in [-0.25, -0.2) is 9.97 Å². The second kappa shape index (κ2) is 6.50. The third-order valence-corrected chi connectivity index (χ3v) is 3.69. The summed E-state index contributed by atoms with van der Waals surface area (Å²) >= 11 is 3.49. The van der Waals surface area contributed by atoms with Crippen LogP contribution < -0.4 is 5.73 Å². The van der Waals surface area contributed by atoms with Crippen LogP contribution in [0.4, 0.5) is 5.82 Å². The topological polar surface area (TPSA) is 51.8 Å². The largest absolute Gasteiger partial charge is 0.383 e. The lowest BCUT2D eigenvalue weighted by Crippen LogP contribution is -2.11. The number of hydrogen-bond donors (Lipinski definition) is 1. The van der Waals surface area contributed by atoms with Gasteiger partial charge in [0.25, 0.3) is 0 Å². The van der Waals surface area contributed by atoms with Crippen molar-refractivity contribution in [1.29, 1.82) is 0 Å². The van der Waals surface area contributed by atoms with E-state index in [1.807, 2.05) is 0 Å². The quantitative estimate of drug-likeness (QED) is 0.887. The van der Waals surface area contributed by atoms with Crippen molar-refractivity contribution in [3.05, 3.63) is 16.0 Å². The van der Waals surface area contributed by atoms with E-state index in [-0.39, 0.29) is 0 Å². The van der Waals surface area contributed by atoms with Crippen molar-refractivity contribution in [2.45, 2.75) is 53.4 Å². The number of nitrogens with two attached hydrogens (primary N) is 1. The standard InChI is InChI=1S/C14H24BrN3/c1-8(2)6-10(5)14-17-11(7-9(3)4)12(15)13(16)18-14/h8-10H,6-7H2,1-5H3,(H2,16,17,18). The molecule has 0 saturated heterocycles. The van der Waals surface area contributed by atoms with Crippen LogP contribution in [0.1, 0.15) is 58.5 Å². The average Bonchev–Trinajstić information content (AvgIpc) is 2.22. The smallest absolute Gasteiger partial charge is 0.141 e. The van der Waals surface area contributed by atoms with Crippen molar-refractivity contribution >= 4 is 21.7 Å². The molecule has 1 aromatic rings. The Morgan fingerprint density at radius 3 is 2.17 bits per heavy atom. The number of rotatable bonds is 5. The maximum absolute atomic E-state index is 5.97. The van der Waals surface area contributed by atoms with Crippen molar-refractivity contribution in [3.63, 3.8) is 0 Å². The zero-order valence-electron chi connectivity index (χ0n) is 12.0. The fourth-order valence-corrected chi connectivity index (χ4v) is 2.43. The normalized spacial score (nSPS) is 13.3. The molecule has 0 fully saturated rings. The summed E-state index contributed by atoms with van der Waals surface area (Å²) in [5.41, 5.74) is 7.00. The van der Waals surface area contributed by atoms with Crippen LogP contribution in [-0.2, 0) is 6.42 Å². The van der Waals surface area contributed by atoms with E-state index in [1.165, 1.54) is 0 Å². The summed E-state index contributed by atoms with van der Waals surface area (Å²) in [7, 11) is 0.